The van der Waals surface area contributed by atoms with Gasteiger partial charge in [0.15, 0.2) is 5.13 Å². The Labute approximate surface area is 185 Å². The maximum Gasteiger partial charge on any atom is 0.233 e. The lowest BCUT2D eigenvalue weighted by Crippen LogP contribution is -2.39. The molecule has 0 radical (unpaired) electrons. The van der Waals surface area contributed by atoms with Gasteiger partial charge >= 0.3 is 0 Å². The Hall–Kier alpha value is -2.55. The number of para-hydroxylation sites is 1. The van der Waals surface area contributed by atoms with E-state index in [9.17, 15) is 9.18 Å². The molecule has 1 amide bonds. The van der Waals surface area contributed by atoms with E-state index in [-0.39, 0.29) is 18.1 Å². The third kappa shape index (κ3) is 5.39. The number of hydrogen-bond donors (Lipinski definition) is 0. The molecule has 0 spiro atoms. The number of morpholine rings is 1. The van der Waals surface area contributed by atoms with Crippen molar-refractivity contribution < 1.29 is 18.7 Å². The molecule has 2 aromatic carbocycles. The van der Waals surface area contributed by atoms with Crippen molar-refractivity contribution in [1.29, 1.82) is 0 Å². The van der Waals surface area contributed by atoms with Crippen LogP contribution in [0.1, 0.15) is 12.0 Å². The van der Waals surface area contributed by atoms with Crippen molar-refractivity contribution in [3.8, 4) is 5.75 Å². The van der Waals surface area contributed by atoms with Crippen molar-refractivity contribution in [2.24, 2.45) is 0 Å². The Morgan fingerprint density at radius 1 is 1.23 bits per heavy atom. The first kappa shape index (κ1) is 21.7. The van der Waals surface area contributed by atoms with Crippen LogP contribution in [0.15, 0.2) is 42.5 Å². The molecule has 1 aliphatic heterocycles. The second-order valence-electron chi connectivity index (χ2n) is 7.46. The molecule has 3 aromatic rings. The first-order valence-corrected chi connectivity index (χ1v) is 11.2. The van der Waals surface area contributed by atoms with Crippen LogP contribution in [0, 0.1) is 5.82 Å². The summed E-state index contributed by atoms with van der Waals surface area (Å²) in [4.78, 5) is 21.8. The van der Waals surface area contributed by atoms with Crippen LogP contribution in [-0.2, 0) is 16.0 Å². The Bertz CT molecular complexity index is 1020. The summed E-state index contributed by atoms with van der Waals surface area (Å²) in [6.45, 7) is 4.73. The van der Waals surface area contributed by atoms with E-state index in [4.69, 9.17) is 9.47 Å². The largest absolute Gasteiger partial charge is 0.497 e. The van der Waals surface area contributed by atoms with Crippen LogP contribution in [0.4, 0.5) is 9.52 Å². The van der Waals surface area contributed by atoms with Gasteiger partial charge in [-0.25, -0.2) is 9.37 Å². The zero-order chi connectivity index (χ0) is 21.6. The molecule has 0 unspecified atom stereocenters. The Kier molecular flexibility index (Phi) is 7.11. The standard InChI is InChI=1S/C23H26FN3O3S/c1-29-18-8-6-17(7-9-18)16-21(28)27(11-3-10-26-12-14-30-15-13-26)23-25-22-19(24)4-2-5-20(22)31-23/h2,4-9H,3,10-16H2,1H3. The molecule has 31 heavy (non-hydrogen) atoms. The molecule has 0 atom stereocenters. The van der Waals surface area contributed by atoms with Crippen molar-refractivity contribution in [2.75, 3.05) is 51.4 Å². The van der Waals surface area contributed by atoms with Gasteiger partial charge in [-0.05, 0) is 36.2 Å². The van der Waals surface area contributed by atoms with Crippen LogP contribution in [-0.4, -0.2) is 62.3 Å². The minimum absolute atomic E-state index is 0.0494. The van der Waals surface area contributed by atoms with Crippen LogP contribution in [0.25, 0.3) is 10.2 Å². The van der Waals surface area contributed by atoms with Crippen molar-refractivity contribution in [2.45, 2.75) is 12.8 Å². The first-order chi connectivity index (χ1) is 15.1. The van der Waals surface area contributed by atoms with Crippen LogP contribution in [0.3, 0.4) is 0 Å². The lowest BCUT2D eigenvalue weighted by atomic mass is 10.1. The fourth-order valence-corrected chi connectivity index (χ4v) is 4.66. The van der Waals surface area contributed by atoms with E-state index >= 15 is 0 Å². The number of amides is 1. The van der Waals surface area contributed by atoms with Gasteiger partial charge in [-0.1, -0.05) is 29.5 Å². The van der Waals surface area contributed by atoms with Gasteiger partial charge in [0.2, 0.25) is 5.91 Å². The quantitative estimate of drug-likeness (QED) is 0.531. The van der Waals surface area contributed by atoms with E-state index in [2.05, 4.69) is 9.88 Å². The number of hydrogen-bond acceptors (Lipinski definition) is 6. The highest BCUT2D eigenvalue weighted by Crippen LogP contribution is 2.31. The van der Waals surface area contributed by atoms with Crippen molar-refractivity contribution in [3.63, 3.8) is 0 Å². The molecule has 0 saturated carbocycles. The van der Waals surface area contributed by atoms with Gasteiger partial charge in [-0.2, -0.15) is 0 Å². The topological polar surface area (TPSA) is 54.9 Å². The number of carbonyl (C=O) groups is 1. The van der Waals surface area contributed by atoms with Gasteiger partial charge in [-0.3, -0.25) is 14.6 Å². The van der Waals surface area contributed by atoms with Gasteiger partial charge in [0.1, 0.15) is 17.1 Å². The molecular formula is C23H26FN3O3S. The summed E-state index contributed by atoms with van der Waals surface area (Å²) in [5.41, 5.74) is 1.22. The van der Waals surface area contributed by atoms with E-state index in [1.165, 1.54) is 17.4 Å². The highest BCUT2D eigenvalue weighted by molar-refractivity contribution is 7.22. The Balaban J connectivity index is 1.51. The predicted molar refractivity (Wildman–Crippen MR) is 121 cm³/mol. The second-order valence-corrected chi connectivity index (χ2v) is 8.47. The number of aromatic nitrogens is 1. The molecule has 0 bridgehead atoms. The summed E-state index contributed by atoms with van der Waals surface area (Å²) in [7, 11) is 1.61. The molecule has 4 rings (SSSR count). The van der Waals surface area contributed by atoms with Crippen LogP contribution in [0.5, 0.6) is 5.75 Å². The summed E-state index contributed by atoms with van der Waals surface area (Å²) < 4.78 is 25.5. The van der Waals surface area contributed by atoms with E-state index in [0.29, 0.717) is 17.2 Å². The monoisotopic (exact) mass is 443 g/mol. The summed E-state index contributed by atoms with van der Waals surface area (Å²) in [6.07, 6.45) is 1.06. The van der Waals surface area contributed by atoms with Crippen LogP contribution >= 0.6 is 11.3 Å². The molecule has 1 fully saturated rings. The van der Waals surface area contributed by atoms with Gasteiger partial charge in [-0.15, -0.1) is 0 Å². The zero-order valence-electron chi connectivity index (χ0n) is 17.6. The number of halogens is 1. The molecule has 1 aliphatic rings. The summed E-state index contributed by atoms with van der Waals surface area (Å²) in [6, 6.07) is 12.4. The molecule has 1 aromatic heterocycles. The predicted octanol–water partition coefficient (Wildman–Crippen LogP) is 3.74. The number of thiazole rings is 1. The van der Waals surface area contributed by atoms with E-state index < -0.39 is 0 Å². The minimum atomic E-state index is -0.365. The van der Waals surface area contributed by atoms with E-state index in [0.717, 1.165) is 55.3 Å². The highest BCUT2D eigenvalue weighted by atomic mass is 32.1. The SMILES string of the molecule is COc1ccc(CC(=O)N(CCCN2CCOCC2)c2nc3c(F)cccc3s2)cc1. The van der Waals surface area contributed by atoms with Gasteiger partial charge in [0.25, 0.3) is 0 Å². The smallest absolute Gasteiger partial charge is 0.233 e. The molecule has 164 valence electrons. The Morgan fingerprint density at radius 3 is 2.71 bits per heavy atom. The second kappa shape index (κ2) is 10.2. The molecule has 6 nitrogen and oxygen atoms in total. The summed E-state index contributed by atoms with van der Waals surface area (Å²) in [5.74, 6) is 0.336. The van der Waals surface area contributed by atoms with E-state index in [1.54, 1.807) is 18.1 Å². The van der Waals surface area contributed by atoms with Crippen molar-refractivity contribution in [3.05, 3.63) is 53.8 Å². The number of nitrogens with zero attached hydrogens (tertiary/aromatic N) is 3. The number of rotatable bonds is 8. The summed E-state index contributed by atoms with van der Waals surface area (Å²) >= 11 is 1.35. The number of ether oxygens (including phenoxy) is 2. The molecule has 1 saturated heterocycles. The fourth-order valence-electron chi connectivity index (χ4n) is 3.64. The highest BCUT2D eigenvalue weighted by Gasteiger charge is 2.21. The van der Waals surface area contributed by atoms with Gasteiger partial charge < -0.3 is 9.47 Å². The molecule has 0 N–H and O–H groups in total. The molecule has 2 heterocycles. The Morgan fingerprint density at radius 2 is 2.00 bits per heavy atom. The zero-order valence-corrected chi connectivity index (χ0v) is 18.4. The maximum absolute atomic E-state index is 14.2. The fraction of sp³-hybridized carbons (Fsp3) is 0.391. The lowest BCUT2D eigenvalue weighted by Gasteiger charge is -2.27. The summed E-state index contributed by atoms with van der Waals surface area (Å²) in [5, 5.41) is 0.542. The maximum atomic E-state index is 14.2. The van der Waals surface area contributed by atoms with Gasteiger partial charge in [0, 0.05) is 26.2 Å². The normalized spacial score (nSPS) is 14.6. The number of methoxy groups -OCH3 is 1. The van der Waals surface area contributed by atoms with Crippen molar-refractivity contribution >= 4 is 32.6 Å². The van der Waals surface area contributed by atoms with Crippen LogP contribution < -0.4 is 9.64 Å². The van der Waals surface area contributed by atoms with E-state index in [1.807, 2.05) is 30.3 Å². The van der Waals surface area contributed by atoms with Crippen LogP contribution in [0.2, 0.25) is 0 Å². The number of fused-ring (bicyclic) bond motifs is 1. The molecule has 8 heteroatoms. The third-order valence-electron chi connectivity index (χ3n) is 5.36. The third-order valence-corrected chi connectivity index (χ3v) is 6.41. The minimum Gasteiger partial charge on any atom is -0.497 e. The van der Waals surface area contributed by atoms with Gasteiger partial charge in [0.05, 0.1) is 31.4 Å². The van der Waals surface area contributed by atoms with Crippen molar-refractivity contribution in [1.82, 2.24) is 9.88 Å². The average Bonchev–Trinajstić information content (AvgIpc) is 3.23. The number of anilines is 1. The first-order valence-electron chi connectivity index (χ1n) is 10.4. The molecule has 0 aliphatic carbocycles. The number of carbonyl (C=O) groups excluding carboxylic acids is 1. The molecular weight excluding hydrogens is 417 g/mol. The number of benzene rings is 2. The lowest BCUT2D eigenvalue weighted by molar-refractivity contribution is -0.118. The average molecular weight is 444 g/mol.